The fraction of sp³-hybridized carbons (Fsp3) is 0.818. The molecule has 4 heterocycles. The van der Waals surface area contributed by atoms with Gasteiger partial charge in [0.25, 0.3) is 0 Å². The summed E-state index contributed by atoms with van der Waals surface area (Å²) in [6.07, 6.45) is -3.83. The molecule has 14 atom stereocenters. The van der Waals surface area contributed by atoms with Crippen LogP contribution in [0.4, 0.5) is 26.3 Å². The Morgan fingerprint density at radius 3 is 1.90 bits per heavy atom. The largest absolute Gasteiger partial charge is 0.394 e. The molecule has 7 fully saturated rings. The summed E-state index contributed by atoms with van der Waals surface area (Å²) in [5.74, 6) is -14.1. The molecule has 109 heavy (non-hydrogen) atoms. The van der Waals surface area contributed by atoms with Gasteiger partial charge < -0.3 is 69.1 Å². The first-order valence-electron chi connectivity index (χ1n) is 39.5. The van der Waals surface area contributed by atoms with E-state index in [9.17, 15) is 45.5 Å². The summed E-state index contributed by atoms with van der Waals surface area (Å²) in [7, 11) is 12.5. The molecule has 26 nitrogen and oxygen atoms in total. The topological polar surface area (TPSA) is 280 Å². The minimum atomic E-state index is -4.55. The molecule has 12 amide bonds. The maximum atomic E-state index is 15.7. The molecule has 0 radical (unpaired) electrons. The summed E-state index contributed by atoms with van der Waals surface area (Å²) in [5, 5.41) is 5.71. The molecule has 32 heteroatoms. The lowest BCUT2D eigenvalue weighted by Crippen LogP contribution is -2.68. The Bertz CT molecular complexity index is 3290. The van der Waals surface area contributed by atoms with E-state index in [4.69, 9.17) is 9.47 Å². The Balaban J connectivity index is 1.21. The van der Waals surface area contributed by atoms with Gasteiger partial charge in [0.1, 0.15) is 59.9 Å². The number of alkyl halides is 6. The molecule has 0 aromatic heterocycles. The monoisotopic (exact) mass is 1550 g/mol. The van der Waals surface area contributed by atoms with Crippen molar-refractivity contribution in [2.24, 2.45) is 41.4 Å². The second-order valence-electron chi connectivity index (χ2n) is 32.7. The zero-order valence-electron chi connectivity index (χ0n) is 66.1. The number of rotatable bonds is 13. The molecule has 0 aromatic rings. The number of hydrogen-bond donors (Lipinski definition) is 2. The van der Waals surface area contributed by atoms with Crippen molar-refractivity contribution in [3.8, 4) is 0 Å². The van der Waals surface area contributed by atoms with Gasteiger partial charge in [0.2, 0.25) is 70.9 Å². The van der Waals surface area contributed by atoms with Crippen molar-refractivity contribution >= 4 is 70.9 Å². The number of halogens is 6. The second-order valence-corrected chi connectivity index (χ2v) is 32.7. The van der Waals surface area contributed by atoms with Crippen molar-refractivity contribution in [3.63, 3.8) is 0 Å². The van der Waals surface area contributed by atoms with E-state index < -0.39 is 198 Å². The van der Waals surface area contributed by atoms with E-state index in [-0.39, 0.29) is 141 Å². The molecule has 8 aliphatic rings. The van der Waals surface area contributed by atoms with Crippen LogP contribution in [0.1, 0.15) is 182 Å². The molecule has 4 aliphatic carbocycles. The third-order valence-electron chi connectivity index (χ3n) is 25.5. The average molecular weight is 1550 g/mol. The number of ether oxygens (including phenoxy) is 2. The number of fused-ring (bicyclic) bond motifs is 4. The van der Waals surface area contributed by atoms with Crippen LogP contribution in [0, 0.1) is 41.4 Å². The fourth-order valence-electron chi connectivity index (χ4n) is 18.2. The van der Waals surface area contributed by atoms with Crippen LogP contribution in [-0.4, -0.2) is 301 Å². The van der Waals surface area contributed by atoms with E-state index >= 15 is 38.4 Å². The number of methoxy groups -OCH3 is 1. The summed E-state index contributed by atoms with van der Waals surface area (Å²) in [5.41, 5.74) is -1.55. The lowest BCUT2D eigenvalue weighted by molar-refractivity contribution is -0.215. The molecule has 4 saturated carbocycles. The quantitative estimate of drug-likeness (QED) is 0.154. The summed E-state index contributed by atoms with van der Waals surface area (Å²) in [4.78, 5) is 196. The van der Waals surface area contributed by atoms with Crippen LogP contribution in [0.2, 0.25) is 0 Å². The van der Waals surface area contributed by atoms with Gasteiger partial charge in [-0.05, 0) is 165 Å². The molecule has 2 bridgehead atoms. The van der Waals surface area contributed by atoms with E-state index in [1.165, 1.54) is 97.8 Å². The lowest BCUT2D eigenvalue weighted by Gasteiger charge is -2.51. The molecule has 8 rings (SSSR count). The van der Waals surface area contributed by atoms with Gasteiger partial charge in [-0.15, -0.1) is 0 Å². The van der Waals surface area contributed by atoms with Crippen molar-refractivity contribution < 1.29 is 93.4 Å². The maximum Gasteiger partial charge on any atom is 0.394 e. The summed E-state index contributed by atoms with van der Waals surface area (Å²) in [6, 6.07) is -12.0. The zero-order chi connectivity index (χ0) is 80.5. The van der Waals surface area contributed by atoms with E-state index in [2.05, 4.69) is 10.6 Å². The summed E-state index contributed by atoms with van der Waals surface area (Å²) in [6.45, 7) is 5.98. The standard InChI is InChI=1S/C77H120F6N12O14/c1-14-47(4)63-72(105)93-38-21-26-55(93)69(102)89(9)54-25-17-16-20-37-94(71(54)104)58(40-48-27-31-51(32-28-48)76(78,79)80)68(101)87(7)44-61(96)84-53(34-30-49-29-33-52(77(81,82)83)60(41-49)108-13)66(99)95-43-46(3)39-57(95)70(103)92(12)75(35-22-36-75)74(107)91(11)64(50-23-18-19-24-50)73(106)90(10)56(67(100)86(5)6)42-62(97)88(8)59(45-109-15-2)65(98)85-63/h16-17,46-60,63-64H,14-15,18-45H2,1-13H3,(H,84,96)(H,85,98)/b17-16-/t46-,47-,48?,49?,51?,52?,53-,54-,55-,56-,57-,58-,59-,60?,63-,64-/m0/s1. The van der Waals surface area contributed by atoms with E-state index in [0.29, 0.717) is 44.9 Å². The normalized spacial score (nSPS) is 32.3. The number of carbonyl (C=O) groups is 12. The summed E-state index contributed by atoms with van der Waals surface area (Å²) < 4.78 is 96.8. The SMILES string of the molecule is CCOC[C@H]1C(=O)N[C@@H]([C@@H](C)CC)C(=O)N2CCC[C@H]2C(=O)N(C)[C@H]2C/C=C\CCN(C2=O)[C@@H](CC2CCC(C(F)(F)F)CC2)C(=O)N(C)CC(=O)N[C@@H](CCC2CCC(C(F)(F)F)C(OC)C2)C(=O)N2C[C@@H](C)C[C@H]2C(=O)N(C)C2(CCC2)C(=O)N(C)[C@@H](C2CCCC2)C(=O)N(C)[C@H](C(=O)N(C)C)CC(=O)N1C. The van der Waals surface area contributed by atoms with Gasteiger partial charge in [-0.2, -0.15) is 26.3 Å². The highest BCUT2D eigenvalue weighted by Gasteiger charge is 2.57. The molecule has 2 N–H and O–H groups in total. The highest BCUT2D eigenvalue weighted by Crippen LogP contribution is 2.46. The Labute approximate surface area is 638 Å². The first kappa shape index (κ1) is 87.5. The van der Waals surface area contributed by atoms with Gasteiger partial charge in [0.05, 0.1) is 37.5 Å². The molecular formula is C77H120F6N12O14. The van der Waals surface area contributed by atoms with Crippen molar-refractivity contribution in [1.29, 1.82) is 0 Å². The Hall–Kier alpha value is -7.12. The molecule has 0 aromatic carbocycles. The molecule has 614 valence electrons. The summed E-state index contributed by atoms with van der Waals surface area (Å²) >= 11 is 0. The molecular weight excluding hydrogens is 1430 g/mol. The Morgan fingerprint density at radius 1 is 0.642 bits per heavy atom. The van der Waals surface area contributed by atoms with E-state index in [0.717, 1.165) is 14.7 Å². The van der Waals surface area contributed by atoms with Crippen molar-refractivity contribution in [2.75, 3.05) is 103 Å². The predicted molar refractivity (Wildman–Crippen MR) is 389 cm³/mol. The average Bonchev–Trinajstić information content (AvgIpc) is 1.60. The maximum absolute atomic E-state index is 15.7. The molecule has 1 spiro atoms. The zero-order valence-corrected chi connectivity index (χ0v) is 66.1. The minimum Gasteiger partial charge on any atom is -0.381 e. The second kappa shape index (κ2) is 37.5. The number of carbonyl (C=O) groups excluding carboxylic acids is 12. The van der Waals surface area contributed by atoms with Crippen LogP contribution in [-0.2, 0) is 67.0 Å². The van der Waals surface area contributed by atoms with Gasteiger partial charge in [-0.1, -0.05) is 52.2 Å². The Kier molecular flexibility index (Phi) is 30.1. The van der Waals surface area contributed by atoms with Gasteiger partial charge in [-0.25, -0.2) is 0 Å². The van der Waals surface area contributed by atoms with Gasteiger partial charge >= 0.3 is 12.4 Å². The third kappa shape index (κ3) is 20.0. The van der Waals surface area contributed by atoms with Crippen LogP contribution in [0.5, 0.6) is 0 Å². The molecule has 3 saturated heterocycles. The van der Waals surface area contributed by atoms with Crippen molar-refractivity contribution in [2.45, 2.75) is 260 Å². The molecule has 3 unspecified atom stereocenters. The van der Waals surface area contributed by atoms with E-state index in [1.54, 1.807) is 32.9 Å². The number of amides is 12. The predicted octanol–water partition coefficient (Wildman–Crippen LogP) is 6.18. The van der Waals surface area contributed by atoms with Crippen LogP contribution in [0.3, 0.4) is 0 Å². The van der Waals surface area contributed by atoms with Crippen molar-refractivity contribution in [3.05, 3.63) is 12.2 Å². The number of nitrogens with one attached hydrogen (secondary N) is 2. The number of hydrogen-bond acceptors (Lipinski definition) is 14. The minimum absolute atomic E-state index is 0.00362. The van der Waals surface area contributed by atoms with Crippen LogP contribution >= 0.6 is 0 Å². The molecule has 4 aliphatic heterocycles. The highest BCUT2D eigenvalue weighted by atomic mass is 19.4. The van der Waals surface area contributed by atoms with Crippen LogP contribution in [0.15, 0.2) is 12.2 Å². The van der Waals surface area contributed by atoms with Gasteiger partial charge in [0.15, 0.2) is 0 Å². The smallest absolute Gasteiger partial charge is 0.381 e. The number of likely N-dealkylation sites (N-methyl/N-ethyl adjacent to an activating group) is 7. The van der Waals surface area contributed by atoms with Gasteiger partial charge in [0, 0.05) is 89.7 Å². The number of nitrogens with zero attached hydrogens (tertiary/aromatic N) is 10. The Morgan fingerprint density at radius 2 is 1.30 bits per heavy atom. The first-order chi connectivity index (χ1) is 51.3. The highest BCUT2D eigenvalue weighted by molar-refractivity contribution is 6.01. The first-order valence-corrected chi connectivity index (χ1v) is 39.5. The van der Waals surface area contributed by atoms with E-state index in [1.807, 2.05) is 6.92 Å². The lowest BCUT2D eigenvalue weighted by atomic mass is 9.73. The van der Waals surface area contributed by atoms with Crippen molar-refractivity contribution in [1.82, 2.24) is 59.6 Å². The fourth-order valence-corrected chi connectivity index (χ4v) is 18.2. The van der Waals surface area contributed by atoms with Crippen LogP contribution < -0.4 is 10.6 Å². The van der Waals surface area contributed by atoms with Gasteiger partial charge in [-0.3, -0.25) is 57.5 Å². The van der Waals surface area contributed by atoms with Crippen LogP contribution in [0.25, 0.3) is 0 Å². The third-order valence-corrected chi connectivity index (χ3v) is 25.5.